The zero-order valence-electron chi connectivity index (χ0n) is 10.7. The van der Waals surface area contributed by atoms with E-state index in [0.29, 0.717) is 17.8 Å². The number of hydrogen-bond donors (Lipinski definition) is 1. The van der Waals surface area contributed by atoms with E-state index in [0.717, 1.165) is 11.3 Å². The molecule has 8 heteroatoms. The van der Waals surface area contributed by atoms with Gasteiger partial charge in [-0.3, -0.25) is 4.79 Å². The molecule has 1 fully saturated rings. The first-order valence-electron chi connectivity index (χ1n) is 5.99. The minimum atomic E-state index is -3.63. The van der Waals surface area contributed by atoms with Gasteiger partial charge >= 0.3 is 5.97 Å². The number of nitrogens with zero attached hydrogens (tertiary/aromatic N) is 2. The van der Waals surface area contributed by atoms with Crippen molar-refractivity contribution in [2.24, 2.45) is 5.92 Å². The fourth-order valence-electron chi connectivity index (χ4n) is 2.19. The largest absolute Gasteiger partial charge is 0.481 e. The second-order valence-electron chi connectivity index (χ2n) is 4.73. The van der Waals surface area contributed by atoms with Crippen LogP contribution in [-0.4, -0.2) is 41.4 Å². The molecular formula is C11H16N2O4S2. The molecule has 0 spiro atoms. The molecule has 6 nitrogen and oxygen atoms in total. The second kappa shape index (κ2) is 5.18. The van der Waals surface area contributed by atoms with Crippen LogP contribution < -0.4 is 0 Å². The van der Waals surface area contributed by atoms with Crippen molar-refractivity contribution in [2.75, 3.05) is 6.54 Å². The van der Waals surface area contributed by atoms with E-state index in [2.05, 4.69) is 4.98 Å². The fraction of sp³-hybridized carbons (Fsp3) is 0.636. The van der Waals surface area contributed by atoms with Crippen LogP contribution in [0, 0.1) is 12.8 Å². The number of carbonyl (C=O) groups is 1. The average molecular weight is 304 g/mol. The standard InChI is InChI=1S/C11H16N2O4S2/c1-7-3-4-9(11(14)15)6-13(7)19(16,17)10-5-12-8(2)18-10/h5,7,9H,3-4,6H2,1-2H3,(H,14,15). The van der Waals surface area contributed by atoms with Crippen LogP contribution in [0.2, 0.25) is 0 Å². The Hall–Kier alpha value is -0.990. The molecule has 1 aliphatic rings. The summed E-state index contributed by atoms with van der Waals surface area (Å²) in [5.74, 6) is -1.56. The van der Waals surface area contributed by atoms with E-state index in [1.165, 1.54) is 10.5 Å². The lowest BCUT2D eigenvalue weighted by molar-refractivity contribution is -0.143. The predicted molar refractivity (Wildman–Crippen MR) is 70.6 cm³/mol. The third-order valence-corrected chi connectivity index (χ3v) is 6.67. The van der Waals surface area contributed by atoms with Gasteiger partial charge in [-0.05, 0) is 26.7 Å². The summed E-state index contributed by atoms with van der Waals surface area (Å²) >= 11 is 1.11. The highest BCUT2D eigenvalue weighted by Gasteiger charge is 2.38. The molecule has 2 atom stereocenters. The van der Waals surface area contributed by atoms with E-state index in [4.69, 9.17) is 5.11 Å². The van der Waals surface area contributed by atoms with Crippen LogP contribution >= 0.6 is 11.3 Å². The lowest BCUT2D eigenvalue weighted by atomic mass is 9.96. The smallest absolute Gasteiger partial charge is 0.307 e. The Kier molecular flexibility index (Phi) is 3.93. The Morgan fingerprint density at radius 3 is 2.74 bits per heavy atom. The predicted octanol–water partition coefficient (Wildman–Crippen LogP) is 1.33. The molecule has 1 saturated heterocycles. The van der Waals surface area contributed by atoms with Crippen LogP contribution in [0.25, 0.3) is 0 Å². The Morgan fingerprint density at radius 1 is 1.53 bits per heavy atom. The molecule has 0 aromatic carbocycles. The average Bonchev–Trinajstić information content (AvgIpc) is 2.76. The molecule has 1 aromatic heterocycles. The number of hydrogen-bond acceptors (Lipinski definition) is 5. The van der Waals surface area contributed by atoms with Gasteiger partial charge in [0.2, 0.25) is 0 Å². The summed E-state index contributed by atoms with van der Waals surface area (Å²) in [6, 6.07) is -0.178. The van der Waals surface area contributed by atoms with Gasteiger partial charge in [-0.15, -0.1) is 11.3 Å². The third kappa shape index (κ3) is 2.80. The number of carboxylic acids is 1. The minimum absolute atomic E-state index is 0.0375. The van der Waals surface area contributed by atoms with E-state index in [1.807, 2.05) is 6.92 Å². The van der Waals surface area contributed by atoms with Gasteiger partial charge < -0.3 is 5.11 Å². The van der Waals surface area contributed by atoms with E-state index >= 15 is 0 Å². The molecule has 0 radical (unpaired) electrons. The van der Waals surface area contributed by atoms with Gasteiger partial charge in [-0.2, -0.15) is 4.31 Å². The van der Waals surface area contributed by atoms with E-state index in [9.17, 15) is 13.2 Å². The van der Waals surface area contributed by atoms with Crippen molar-refractivity contribution in [3.05, 3.63) is 11.2 Å². The first-order chi connectivity index (χ1) is 8.82. The summed E-state index contributed by atoms with van der Waals surface area (Å²) in [6.07, 6.45) is 2.42. The molecular weight excluding hydrogens is 288 g/mol. The molecule has 0 amide bonds. The number of thiazole rings is 1. The van der Waals surface area contributed by atoms with Gasteiger partial charge in [0.25, 0.3) is 10.0 Å². The summed E-state index contributed by atoms with van der Waals surface area (Å²) in [5.41, 5.74) is 0. The Morgan fingerprint density at radius 2 is 2.21 bits per heavy atom. The maximum absolute atomic E-state index is 12.5. The number of aryl methyl sites for hydroxylation is 1. The van der Waals surface area contributed by atoms with Crippen molar-refractivity contribution < 1.29 is 18.3 Å². The number of rotatable bonds is 3. The SMILES string of the molecule is Cc1ncc(S(=O)(=O)N2CC(C(=O)O)CCC2C)s1. The van der Waals surface area contributed by atoms with Crippen molar-refractivity contribution >= 4 is 27.3 Å². The Labute approximate surface area is 116 Å². The highest BCUT2D eigenvalue weighted by Crippen LogP contribution is 2.30. The topological polar surface area (TPSA) is 87.6 Å². The summed E-state index contributed by atoms with van der Waals surface area (Å²) in [6.45, 7) is 3.59. The van der Waals surface area contributed by atoms with Gasteiger partial charge in [0.1, 0.15) is 0 Å². The number of aromatic nitrogens is 1. The first-order valence-corrected chi connectivity index (χ1v) is 8.25. The van der Waals surface area contributed by atoms with E-state index in [-0.39, 0.29) is 16.8 Å². The Bertz CT molecular complexity index is 581. The van der Waals surface area contributed by atoms with Gasteiger partial charge in [-0.25, -0.2) is 13.4 Å². The summed E-state index contributed by atoms with van der Waals surface area (Å²) in [4.78, 5) is 15.0. The van der Waals surface area contributed by atoms with Crippen molar-refractivity contribution in [3.8, 4) is 0 Å². The van der Waals surface area contributed by atoms with Gasteiger partial charge in [0.05, 0.1) is 17.1 Å². The highest BCUT2D eigenvalue weighted by atomic mass is 32.2. The number of aliphatic carboxylic acids is 1. The zero-order chi connectivity index (χ0) is 14.2. The van der Waals surface area contributed by atoms with Crippen LogP contribution in [0.4, 0.5) is 0 Å². The number of piperidine rings is 1. The molecule has 19 heavy (non-hydrogen) atoms. The Balaban J connectivity index is 2.30. The van der Waals surface area contributed by atoms with Crippen molar-refractivity contribution in [3.63, 3.8) is 0 Å². The summed E-state index contributed by atoms with van der Waals surface area (Å²) in [5, 5.41) is 9.73. The van der Waals surface area contributed by atoms with Gasteiger partial charge in [0.15, 0.2) is 4.21 Å². The monoisotopic (exact) mass is 304 g/mol. The lowest BCUT2D eigenvalue weighted by Crippen LogP contribution is -2.47. The van der Waals surface area contributed by atoms with E-state index in [1.54, 1.807) is 6.92 Å². The maximum atomic E-state index is 12.5. The third-order valence-electron chi connectivity index (χ3n) is 3.34. The zero-order valence-corrected chi connectivity index (χ0v) is 12.4. The highest BCUT2D eigenvalue weighted by molar-refractivity contribution is 7.91. The fourth-order valence-corrected chi connectivity index (χ4v) is 5.13. The molecule has 2 unspecified atom stereocenters. The van der Waals surface area contributed by atoms with Crippen LogP contribution in [0.5, 0.6) is 0 Å². The van der Waals surface area contributed by atoms with Crippen LogP contribution in [0.15, 0.2) is 10.4 Å². The number of carboxylic acid groups (broad SMARTS) is 1. The molecule has 0 saturated carbocycles. The maximum Gasteiger partial charge on any atom is 0.307 e. The van der Waals surface area contributed by atoms with Crippen molar-refractivity contribution in [1.29, 1.82) is 0 Å². The molecule has 2 rings (SSSR count). The number of sulfonamides is 1. The summed E-state index contributed by atoms with van der Waals surface area (Å²) in [7, 11) is -3.63. The quantitative estimate of drug-likeness (QED) is 0.910. The van der Waals surface area contributed by atoms with Crippen molar-refractivity contribution in [2.45, 2.75) is 36.9 Å². The normalized spacial score (nSPS) is 25.4. The van der Waals surface area contributed by atoms with Crippen molar-refractivity contribution in [1.82, 2.24) is 9.29 Å². The molecule has 1 aliphatic heterocycles. The van der Waals surface area contributed by atoms with Crippen LogP contribution in [0.3, 0.4) is 0 Å². The van der Waals surface area contributed by atoms with Crippen LogP contribution in [0.1, 0.15) is 24.8 Å². The van der Waals surface area contributed by atoms with Crippen LogP contribution in [-0.2, 0) is 14.8 Å². The van der Waals surface area contributed by atoms with Gasteiger partial charge in [0, 0.05) is 12.6 Å². The second-order valence-corrected chi connectivity index (χ2v) is 8.09. The molecule has 2 heterocycles. The van der Waals surface area contributed by atoms with E-state index < -0.39 is 21.9 Å². The summed E-state index contributed by atoms with van der Waals surface area (Å²) < 4.78 is 26.4. The molecule has 0 bridgehead atoms. The first kappa shape index (κ1) is 14.4. The molecule has 0 aliphatic carbocycles. The molecule has 1 N–H and O–H groups in total. The molecule has 106 valence electrons. The lowest BCUT2D eigenvalue weighted by Gasteiger charge is -2.34. The van der Waals surface area contributed by atoms with Gasteiger partial charge in [-0.1, -0.05) is 0 Å². The molecule has 1 aromatic rings. The minimum Gasteiger partial charge on any atom is -0.481 e.